The van der Waals surface area contributed by atoms with Gasteiger partial charge in [0.25, 0.3) is 5.91 Å². The monoisotopic (exact) mass is 840 g/mol. The number of nitrogens with one attached hydrogen (secondary N) is 4. The summed E-state index contributed by atoms with van der Waals surface area (Å²) in [6.07, 6.45) is 5.24. The fraction of sp³-hybridized carbons (Fsp3) is 0.319. The third kappa shape index (κ3) is 8.60. The van der Waals surface area contributed by atoms with Gasteiger partial charge in [-0.1, -0.05) is 74.5 Å². The van der Waals surface area contributed by atoms with Crippen molar-refractivity contribution in [3.63, 3.8) is 0 Å². The molecule has 2 aromatic heterocycles. The summed E-state index contributed by atoms with van der Waals surface area (Å²) in [4.78, 5) is 71.5. The van der Waals surface area contributed by atoms with Gasteiger partial charge in [0.2, 0.25) is 5.91 Å². The van der Waals surface area contributed by atoms with E-state index >= 15 is 0 Å². The van der Waals surface area contributed by atoms with Crippen LogP contribution in [0.5, 0.6) is 0 Å². The molecule has 62 heavy (non-hydrogen) atoms. The summed E-state index contributed by atoms with van der Waals surface area (Å²) >= 11 is 0. The highest BCUT2D eigenvalue weighted by molar-refractivity contribution is 5.91. The molecule has 14 nitrogen and oxygen atoms in total. The van der Waals surface area contributed by atoms with Gasteiger partial charge < -0.3 is 39.9 Å². The number of imidazole rings is 2. The summed E-state index contributed by atoms with van der Waals surface area (Å²) in [5.41, 5.74) is 6.14. The van der Waals surface area contributed by atoms with Crippen molar-refractivity contribution in [1.29, 1.82) is 0 Å². The van der Waals surface area contributed by atoms with Gasteiger partial charge in [-0.3, -0.25) is 9.59 Å². The number of carbonyl (C=O) groups excluding carboxylic acids is 4. The van der Waals surface area contributed by atoms with E-state index in [0.29, 0.717) is 36.7 Å². The molecule has 2 aliphatic rings. The van der Waals surface area contributed by atoms with Crippen LogP contribution in [0.25, 0.3) is 44.4 Å². The van der Waals surface area contributed by atoms with Gasteiger partial charge in [0.1, 0.15) is 29.5 Å². The molecular formula is C47H49FN8O6. The van der Waals surface area contributed by atoms with E-state index in [4.69, 9.17) is 14.5 Å². The van der Waals surface area contributed by atoms with Gasteiger partial charge in [-0.25, -0.2) is 23.9 Å². The van der Waals surface area contributed by atoms with Crippen LogP contribution < -0.4 is 10.6 Å². The molecule has 2 fully saturated rings. The number of aromatic amines is 2. The minimum Gasteiger partial charge on any atom is -0.453 e. The van der Waals surface area contributed by atoms with Crippen molar-refractivity contribution in [1.82, 2.24) is 40.4 Å². The van der Waals surface area contributed by atoms with Gasteiger partial charge in [0, 0.05) is 18.7 Å². The molecule has 6 aromatic rings. The third-order valence-corrected chi connectivity index (χ3v) is 11.9. The number of rotatable bonds is 11. The summed E-state index contributed by atoms with van der Waals surface area (Å²) in [6.45, 7) is 4.86. The van der Waals surface area contributed by atoms with Crippen molar-refractivity contribution in [3.05, 3.63) is 120 Å². The lowest BCUT2D eigenvalue weighted by atomic mass is 9.98. The number of halogens is 1. The molecule has 4 heterocycles. The normalized spacial score (nSPS) is 17.3. The van der Waals surface area contributed by atoms with Crippen LogP contribution in [0.2, 0.25) is 0 Å². The first-order valence-corrected chi connectivity index (χ1v) is 20.8. The average molecular weight is 841 g/mol. The van der Waals surface area contributed by atoms with Crippen LogP contribution in [-0.2, 0) is 19.1 Å². The van der Waals surface area contributed by atoms with E-state index in [1.807, 2.05) is 32.2 Å². The molecule has 0 unspecified atom stereocenters. The van der Waals surface area contributed by atoms with Gasteiger partial charge in [-0.05, 0) is 88.9 Å². The molecule has 15 heteroatoms. The number of benzene rings is 4. The SMILES string of the molecule is COC(=O)N[C@H](C(=O)N1CCC[C@H]1c1ncc(-c2ccc3cc(-c4ccc(-c5cnc([C@@H]6CCCN6C(=O)[C@H](NC(=O)OC)c6ccc(F)cc6)[nH]5)cc4)ccc3c2)[nH]1)C(C)C. The second kappa shape index (κ2) is 17.9. The topological polar surface area (TPSA) is 175 Å². The lowest BCUT2D eigenvalue weighted by Gasteiger charge is -2.30. The molecule has 2 saturated heterocycles. The first kappa shape index (κ1) is 41.7. The van der Waals surface area contributed by atoms with Crippen molar-refractivity contribution in [2.45, 2.75) is 63.7 Å². The maximum Gasteiger partial charge on any atom is 0.407 e. The zero-order valence-corrected chi connectivity index (χ0v) is 35.0. The number of aromatic nitrogens is 4. The summed E-state index contributed by atoms with van der Waals surface area (Å²) in [7, 11) is 2.51. The number of hydrogen-bond acceptors (Lipinski definition) is 8. The van der Waals surface area contributed by atoms with Crippen molar-refractivity contribution in [3.8, 4) is 33.6 Å². The molecule has 0 radical (unpaired) electrons. The van der Waals surface area contributed by atoms with Crippen LogP contribution in [0.4, 0.5) is 14.0 Å². The Hall–Kier alpha value is -7.03. The first-order chi connectivity index (χ1) is 30.0. The summed E-state index contributed by atoms with van der Waals surface area (Å²) in [6, 6.07) is 24.0. The predicted octanol–water partition coefficient (Wildman–Crippen LogP) is 8.23. The summed E-state index contributed by atoms with van der Waals surface area (Å²) < 4.78 is 23.3. The molecule has 8 rings (SSSR count). The van der Waals surface area contributed by atoms with Crippen LogP contribution in [-0.4, -0.2) is 87.1 Å². The number of carbonyl (C=O) groups is 4. The molecule has 4 amide bonds. The van der Waals surface area contributed by atoms with Crippen molar-refractivity contribution in [2.24, 2.45) is 5.92 Å². The van der Waals surface area contributed by atoms with Crippen LogP contribution in [0.15, 0.2) is 97.3 Å². The Kier molecular flexibility index (Phi) is 12.0. The molecule has 0 spiro atoms. The van der Waals surface area contributed by atoms with Gasteiger partial charge in [-0.15, -0.1) is 0 Å². The van der Waals surface area contributed by atoms with Crippen molar-refractivity contribution < 1.29 is 33.0 Å². The first-order valence-electron chi connectivity index (χ1n) is 20.8. The molecule has 320 valence electrons. The maximum absolute atomic E-state index is 13.9. The molecular weight excluding hydrogens is 792 g/mol. The number of alkyl carbamates (subject to hydrolysis) is 2. The number of amides is 4. The smallest absolute Gasteiger partial charge is 0.407 e. The largest absolute Gasteiger partial charge is 0.453 e. The highest BCUT2D eigenvalue weighted by Gasteiger charge is 2.39. The highest BCUT2D eigenvalue weighted by Crippen LogP contribution is 2.36. The Morgan fingerprint density at radius 1 is 0.661 bits per heavy atom. The van der Waals surface area contributed by atoms with Crippen molar-refractivity contribution in [2.75, 3.05) is 27.3 Å². The zero-order chi connectivity index (χ0) is 43.5. The number of nitrogens with zero attached hydrogens (tertiary/aromatic N) is 4. The number of ether oxygens (including phenoxy) is 2. The second-order valence-corrected chi connectivity index (χ2v) is 16.1. The highest BCUT2D eigenvalue weighted by atomic mass is 19.1. The number of fused-ring (bicyclic) bond motifs is 1. The average Bonchev–Trinajstić information content (AvgIpc) is 4.14. The summed E-state index contributed by atoms with van der Waals surface area (Å²) in [5.74, 6) is 0.324. The lowest BCUT2D eigenvalue weighted by Crippen LogP contribution is -2.51. The Bertz CT molecular complexity index is 2590. The molecule has 2 aliphatic heterocycles. The lowest BCUT2D eigenvalue weighted by molar-refractivity contribution is -0.135. The van der Waals surface area contributed by atoms with Gasteiger partial charge in [0.15, 0.2) is 0 Å². The van der Waals surface area contributed by atoms with Crippen LogP contribution >= 0.6 is 0 Å². The van der Waals surface area contributed by atoms with E-state index in [1.54, 1.807) is 16.0 Å². The van der Waals surface area contributed by atoms with E-state index in [0.717, 1.165) is 63.7 Å². The standard InChI is InChI=1S/C47H49FN8O6/c1-27(2)40(53-46(59)61-3)44(57)55-21-5-7-38(55)43-50-26-37(52-43)34-16-15-32-23-31(13-14-33(32)24-34)28-9-11-29(12-10-28)36-25-49-42(51-36)39-8-6-22-56(39)45(58)41(54-47(60)62-4)30-17-19-35(48)20-18-30/h9-20,23-27,38-41H,5-8,21-22H2,1-4H3,(H,49,51)(H,50,52)(H,53,59)(H,54,60)/t38-,39-,40-,41+/m0/s1. The van der Waals surface area contributed by atoms with E-state index in [-0.39, 0.29) is 29.8 Å². The molecule has 0 aliphatic carbocycles. The van der Waals surface area contributed by atoms with E-state index in [2.05, 4.69) is 74.1 Å². The molecule has 0 saturated carbocycles. The summed E-state index contributed by atoms with van der Waals surface area (Å²) in [5, 5.41) is 7.46. The predicted molar refractivity (Wildman–Crippen MR) is 231 cm³/mol. The molecule has 0 bridgehead atoms. The Labute approximate surface area is 358 Å². The minimum atomic E-state index is -1.05. The number of hydrogen-bond donors (Lipinski definition) is 4. The molecule has 4 atom stereocenters. The third-order valence-electron chi connectivity index (χ3n) is 11.9. The number of likely N-dealkylation sites (tertiary alicyclic amines) is 2. The van der Waals surface area contributed by atoms with E-state index in [1.165, 1.54) is 38.5 Å². The fourth-order valence-corrected chi connectivity index (χ4v) is 8.53. The Balaban J connectivity index is 0.942. The molecule has 4 N–H and O–H groups in total. The van der Waals surface area contributed by atoms with Crippen molar-refractivity contribution >= 4 is 34.8 Å². The quantitative estimate of drug-likeness (QED) is 0.101. The molecule has 4 aromatic carbocycles. The Morgan fingerprint density at radius 3 is 1.74 bits per heavy atom. The van der Waals surface area contributed by atoms with Gasteiger partial charge in [0.05, 0.1) is 50.1 Å². The minimum absolute atomic E-state index is 0.115. The van der Waals surface area contributed by atoms with E-state index in [9.17, 15) is 23.6 Å². The number of methoxy groups -OCH3 is 2. The van der Waals surface area contributed by atoms with Gasteiger partial charge >= 0.3 is 12.2 Å². The van der Waals surface area contributed by atoms with Crippen LogP contribution in [0.1, 0.15) is 74.9 Å². The Morgan fingerprint density at radius 2 is 1.16 bits per heavy atom. The fourth-order valence-electron chi connectivity index (χ4n) is 8.53. The van der Waals surface area contributed by atoms with E-state index < -0.39 is 30.1 Å². The number of H-pyrrole nitrogens is 2. The zero-order valence-electron chi connectivity index (χ0n) is 35.0. The van der Waals surface area contributed by atoms with Crippen LogP contribution in [0.3, 0.4) is 0 Å². The van der Waals surface area contributed by atoms with Gasteiger partial charge in [-0.2, -0.15) is 0 Å². The maximum atomic E-state index is 13.9. The second-order valence-electron chi connectivity index (χ2n) is 16.1. The van der Waals surface area contributed by atoms with Crippen LogP contribution in [0, 0.1) is 11.7 Å².